The highest BCUT2D eigenvalue weighted by atomic mass is 35.5. The van der Waals surface area contributed by atoms with Crippen LogP contribution in [0.2, 0.25) is 23.3 Å². The number of aromatic nitrogens is 1. The van der Waals surface area contributed by atoms with E-state index >= 15 is 0 Å². The van der Waals surface area contributed by atoms with Gasteiger partial charge in [0, 0.05) is 6.07 Å². The Morgan fingerprint density at radius 1 is 1.19 bits per heavy atom. The van der Waals surface area contributed by atoms with Gasteiger partial charge in [0.2, 0.25) is 0 Å². The van der Waals surface area contributed by atoms with E-state index in [1.807, 2.05) is 0 Å². The minimum Gasteiger partial charge on any atom is -0.444 e. The van der Waals surface area contributed by atoms with E-state index in [0.29, 0.717) is 13.2 Å². The Morgan fingerprint density at radius 3 is 2.42 bits per heavy atom. The van der Waals surface area contributed by atoms with Crippen LogP contribution < -0.4 is 5.32 Å². The molecule has 8 nitrogen and oxygen atoms in total. The monoisotopic (exact) mass is 542 g/mol. The van der Waals surface area contributed by atoms with Crippen molar-refractivity contribution < 1.29 is 32.6 Å². The Balaban J connectivity index is 1.60. The van der Waals surface area contributed by atoms with Crippen molar-refractivity contribution in [1.82, 2.24) is 4.98 Å². The fourth-order valence-corrected chi connectivity index (χ4v) is 5.02. The second-order valence-corrected chi connectivity index (χ2v) is 16.6. The number of halogens is 2. The molecule has 0 radical (unpaired) electrons. The maximum atomic E-state index is 14.0. The van der Waals surface area contributed by atoms with E-state index in [1.54, 1.807) is 20.8 Å². The first kappa shape index (κ1) is 28.8. The van der Waals surface area contributed by atoms with E-state index in [2.05, 4.69) is 56.0 Å². The lowest BCUT2D eigenvalue weighted by molar-refractivity contribution is -0.0252. The van der Waals surface area contributed by atoms with Gasteiger partial charge in [-0.2, -0.15) is 0 Å². The molecule has 2 aliphatic rings. The van der Waals surface area contributed by atoms with Crippen LogP contribution in [0.4, 0.5) is 14.9 Å². The summed E-state index contributed by atoms with van der Waals surface area (Å²) in [6.45, 7) is 17.1. The normalized spacial score (nSPS) is 24.2. The zero-order valence-corrected chi connectivity index (χ0v) is 23.9. The highest BCUT2D eigenvalue weighted by Crippen LogP contribution is 2.40. The molecule has 0 bridgehead atoms. The first-order valence-corrected chi connectivity index (χ1v) is 15.2. The Hall–Kier alpha value is -1.74. The van der Waals surface area contributed by atoms with Crippen LogP contribution >= 0.6 is 11.6 Å². The zero-order chi connectivity index (χ0) is 26.9. The van der Waals surface area contributed by atoms with Gasteiger partial charge in [0.15, 0.2) is 19.3 Å². The summed E-state index contributed by atoms with van der Waals surface area (Å²) in [6.07, 6.45) is -1.58. The van der Waals surface area contributed by atoms with Crippen molar-refractivity contribution in [2.75, 3.05) is 25.1 Å². The number of fused-ring (bicyclic) bond motifs is 1. The van der Waals surface area contributed by atoms with Crippen molar-refractivity contribution in [3.8, 4) is 11.8 Å². The fourth-order valence-electron chi connectivity index (χ4n) is 3.57. The number of nitrogens with zero attached hydrogens (tertiary/aromatic N) is 1. The molecule has 0 aliphatic carbocycles. The molecule has 200 valence electrons. The molecule has 2 saturated heterocycles. The number of rotatable bonds is 5. The van der Waals surface area contributed by atoms with Crippen LogP contribution in [0.3, 0.4) is 0 Å². The van der Waals surface area contributed by atoms with E-state index < -0.39 is 25.8 Å². The van der Waals surface area contributed by atoms with Crippen molar-refractivity contribution in [2.45, 2.75) is 89.7 Å². The lowest BCUT2D eigenvalue weighted by Gasteiger charge is -2.39. The summed E-state index contributed by atoms with van der Waals surface area (Å²) in [4.78, 5) is 16.1. The minimum absolute atomic E-state index is 0.0488. The van der Waals surface area contributed by atoms with Crippen LogP contribution in [0.25, 0.3) is 0 Å². The highest BCUT2D eigenvalue weighted by molar-refractivity contribution is 6.74. The van der Waals surface area contributed by atoms with E-state index in [1.165, 1.54) is 0 Å². The van der Waals surface area contributed by atoms with Crippen molar-refractivity contribution >= 4 is 31.7 Å². The lowest BCUT2D eigenvalue weighted by Crippen LogP contribution is -2.47. The van der Waals surface area contributed by atoms with Crippen LogP contribution in [0.5, 0.6) is 0 Å². The molecule has 0 saturated carbocycles. The quantitative estimate of drug-likeness (QED) is 0.313. The highest BCUT2D eigenvalue weighted by Gasteiger charge is 2.51. The number of anilines is 1. The molecule has 36 heavy (non-hydrogen) atoms. The molecule has 0 spiro atoms. The van der Waals surface area contributed by atoms with Crippen LogP contribution in [0, 0.1) is 17.7 Å². The van der Waals surface area contributed by atoms with Crippen LogP contribution in [0.15, 0.2) is 6.07 Å². The molecule has 0 unspecified atom stereocenters. The standard InChI is InChI=1S/C25H36ClFN2O6Si/c1-24(2,3)34-23(30)29-17-12-15(27)22(26)28-16(17)10-9-11-31-18-13-32-21-19(14-33-20(18)21)35-36(7,8)25(4,5)6/h12,18-21H,11,13-14H2,1-8H3,(H,29,30)/t18-,19-,20-,21-/m1/s1. The molecular formula is C25H36ClFN2O6Si. The third kappa shape index (κ3) is 7.18. The van der Waals surface area contributed by atoms with Crippen LogP contribution in [-0.4, -0.2) is 69.2 Å². The average molecular weight is 543 g/mol. The van der Waals surface area contributed by atoms with Gasteiger partial charge in [0.1, 0.15) is 36.2 Å². The molecule has 3 heterocycles. The molecule has 0 aromatic carbocycles. The van der Waals surface area contributed by atoms with Crippen molar-refractivity contribution in [1.29, 1.82) is 0 Å². The summed E-state index contributed by atoms with van der Waals surface area (Å²) in [7, 11) is -1.97. The van der Waals surface area contributed by atoms with Crippen molar-refractivity contribution in [3.63, 3.8) is 0 Å². The predicted octanol–water partition coefficient (Wildman–Crippen LogP) is 5.15. The number of ether oxygens (including phenoxy) is 4. The molecule has 1 amide bonds. The summed E-state index contributed by atoms with van der Waals surface area (Å²) in [6, 6.07) is 1.05. The van der Waals surface area contributed by atoms with E-state index in [4.69, 9.17) is 35.0 Å². The van der Waals surface area contributed by atoms with Gasteiger partial charge in [-0.25, -0.2) is 14.2 Å². The number of carbonyl (C=O) groups is 1. The van der Waals surface area contributed by atoms with Crippen molar-refractivity contribution in [2.24, 2.45) is 0 Å². The molecule has 1 aromatic rings. The molecule has 11 heteroatoms. The number of hydrogen-bond acceptors (Lipinski definition) is 7. The van der Waals surface area contributed by atoms with Gasteiger partial charge < -0.3 is 23.4 Å². The fraction of sp³-hybridized carbons (Fsp3) is 0.680. The largest absolute Gasteiger partial charge is 0.444 e. The molecule has 1 N–H and O–H groups in total. The summed E-state index contributed by atoms with van der Waals surface area (Å²) < 4.78 is 43.6. The third-order valence-electron chi connectivity index (χ3n) is 6.36. The van der Waals surface area contributed by atoms with E-state index in [9.17, 15) is 9.18 Å². The maximum Gasteiger partial charge on any atom is 0.412 e. The number of nitrogens with one attached hydrogen (secondary N) is 1. The van der Waals surface area contributed by atoms with Gasteiger partial charge in [-0.05, 0) is 44.8 Å². The van der Waals surface area contributed by atoms with Gasteiger partial charge in [0.25, 0.3) is 0 Å². The molecule has 4 atom stereocenters. The number of hydrogen-bond donors (Lipinski definition) is 1. The summed E-state index contributed by atoms with van der Waals surface area (Å²) >= 11 is 5.82. The SMILES string of the molecule is CC(C)(C)OC(=O)Nc1cc(F)c(Cl)nc1C#CCO[C@@H]1CO[C@H]2[C@@H]1OC[C@H]2O[Si](C)(C)C(C)(C)C. The zero-order valence-electron chi connectivity index (χ0n) is 22.2. The molecule has 3 rings (SSSR count). The molecule has 2 fully saturated rings. The van der Waals surface area contributed by atoms with Crippen LogP contribution in [0.1, 0.15) is 47.2 Å². The summed E-state index contributed by atoms with van der Waals surface area (Å²) in [5.41, 5.74) is -0.579. The smallest absolute Gasteiger partial charge is 0.412 e. The van der Waals surface area contributed by atoms with Gasteiger partial charge >= 0.3 is 6.09 Å². The second-order valence-electron chi connectivity index (χ2n) is 11.4. The number of amides is 1. The first-order chi connectivity index (χ1) is 16.6. The van der Waals surface area contributed by atoms with Gasteiger partial charge in [0.05, 0.1) is 25.0 Å². The van der Waals surface area contributed by atoms with Gasteiger partial charge in [-0.15, -0.1) is 0 Å². The Kier molecular flexibility index (Phi) is 8.75. The third-order valence-corrected chi connectivity index (χ3v) is 11.1. The minimum atomic E-state index is -1.97. The number of pyridine rings is 1. The Bertz CT molecular complexity index is 1030. The predicted molar refractivity (Wildman–Crippen MR) is 137 cm³/mol. The first-order valence-electron chi connectivity index (χ1n) is 11.9. The molecule has 1 aromatic heterocycles. The Morgan fingerprint density at radius 2 is 1.81 bits per heavy atom. The van der Waals surface area contributed by atoms with Crippen molar-refractivity contribution in [3.05, 3.63) is 22.7 Å². The van der Waals surface area contributed by atoms with E-state index in [0.717, 1.165) is 6.07 Å². The van der Waals surface area contributed by atoms with E-state index in [-0.39, 0.29) is 52.6 Å². The molecular weight excluding hydrogens is 507 g/mol. The maximum absolute atomic E-state index is 14.0. The summed E-state index contributed by atoms with van der Waals surface area (Å²) in [5, 5.41) is 2.20. The van der Waals surface area contributed by atoms with Crippen LogP contribution in [-0.2, 0) is 23.4 Å². The number of carbonyl (C=O) groups excluding carboxylic acids is 1. The topological polar surface area (TPSA) is 88.1 Å². The second kappa shape index (κ2) is 10.9. The summed E-state index contributed by atoms with van der Waals surface area (Å²) in [5.74, 6) is 4.84. The van der Waals surface area contributed by atoms with Gasteiger partial charge in [-0.1, -0.05) is 38.3 Å². The Labute approximate surface area is 218 Å². The molecule has 2 aliphatic heterocycles. The van der Waals surface area contributed by atoms with Gasteiger partial charge in [-0.3, -0.25) is 5.32 Å². The lowest BCUT2D eigenvalue weighted by atomic mass is 10.1. The average Bonchev–Trinajstić information content (AvgIpc) is 3.29.